The molecule has 0 radical (unpaired) electrons. The van der Waals surface area contributed by atoms with Gasteiger partial charge in [-0.15, -0.1) is 0 Å². The second-order valence-electron chi connectivity index (χ2n) is 6.35. The molecule has 0 spiro atoms. The van der Waals surface area contributed by atoms with Crippen LogP contribution in [0.25, 0.3) is 0 Å². The second kappa shape index (κ2) is 8.17. The summed E-state index contributed by atoms with van der Waals surface area (Å²) >= 11 is 4.24. The molecule has 1 aromatic carbocycles. The summed E-state index contributed by atoms with van der Waals surface area (Å²) in [5.41, 5.74) is -5.45. The van der Waals surface area contributed by atoms with Gasteiger partial charge in [0.15, 0.2) is 0 Å². The summed E-state index contributed by atoms with van der Waals surface area (Å²) in [6.07, 6.45) is -1.28. The number of allylic oxidation sites excluding steroid dienone is 2. The van der Waals surface area contributed by atoms with Gasteiger partial charge in [-0.25, -0.2) is 9.18 Å². The van der Waals surface area contributed by atoms with Gasteiger partial charge in [-0.05, 0) is 69.4 Å². The number of carbonyl (C=O) groups is 1. The van der Waals surface area contributed by atoms with Gasteiger partial charge in [0.25, 0.3) is 5.67 Å². The Hall–Kier alpha value is -0.990. The van der Waals surface area contributed by atoms with E-state index in [0.717, 1.165) is 22.6 Å². The summed E-state index contributed by atoms with van der Waals surface area (Å²) in [6, 6.07) is 5.95. The van der Waals surface area contributed by atoms with E-state index in [-0.39, 0.29) is 18.6 Å². The highest BCUT2D eigenvalue weighted by atomic mass is 127. The predicted molar refractivity (Wildman–Crippen MR) is 99.4 cm³/mol. The largest absolute Gasteiger partial charge is 0.462 e. The molecular weight excluding hydrogens is 614 g/mol. The molecule has 0 amide bonds. The zero-order valence-corrected chi connectivity index (χ0v) is 18.2. The number of esters is 1. The lowest BCUT2D eigenvalue weighted by atomic mass is 9.96. The Labute approximate surface area is 186 Å². The smallest absolute Gasteiger partial charge is 0.382 e. The fourth-order valence-electron chi connectivity index (χ4n) is 2.59. The Bertz CT molecular complexity index is 814. The van der Waals surface area contributed by atoms with Gasteiger partial charge in [-0.1, -0.05) is 15.9 Å². The van der Waals surface area contributed by atoms with Crippen LogP contribution in [0.1, 0.15) is 23.2 Å². The molecule has 13 heteroatoms. The number of carbonyl (C=O) groups excluding carboxylic acids is 1. The molecule has 0 aliphatic heterocycles. The predicted octanol–water partition coefficient (Wildman–Crippen LogP) is 6.97. The zero-order valence-electron chi connectivity index (χ0n) is 14.5. The number of ether oxygens (including phenoxy) is 1. The SMILES string of the molecule is O=C(OCCCC(I)=CC1(F)C(F)(F)C(F)(F)C(F)(F)C1(F)F)c1ccc(Br)cc1. The van der Waals surface area contributed by atoms with Crippen LogP contribution < -0.4 is 0 Å². The minimum Gasteiger partial charge on any atom is -0.462 e. The minimum absolute atomic E-state index is 0.167. The van der Waals surface area contributed by atoms with Crippen LogP contribution in [-0.4, -0.2) is 41.9 Å². The third-order valence-electron chi connectivity index (χ3n) is 4.33. The maximum atomic E-state index is 14.4. The summed E-state index contributed by atoms with van der Waals surface area (Å²) in [5, 5.41) is 0. The van der Waals surface area contributed by atoms with E-state index in [1.807, 2.05) is 0 Å². The third kappa shape index (κ3) is 3.73. The van der Waals surface area contributed by atoms with Crippen molar-refractivity contribution in [2.75, 3.05) is 6.61 Å². The van der Waals surface area contributed by atoms with E-state index in [2.05, 4.69) is 15.9 Å². The van der Waals surface area contributed by atoms with Crippen LogP contribution in [0, 0.1) is 0 Å². The van der Waals surface area contributed by atoms with E-state index in [0.29, 0.717) is 4.47 Å². The Morgan fingerprint density at radius 2 is 1.37 bits per heavy atom. The lowest BCUT2D eigenvalue weighted by Gasteiger charge is -2.28. The molecule has 0 heterocycles. The molecule has 0 N–H and O–H groups in total. The Morgan fingerprint density at radius 1 is 0.900 bits per heavy atom. The Morgan fingerprint density at radius 3 is 1.83 bits per heavy atom. The molecule has 1 fully saturated rings. The van der Waals surface area contributed by atoms with Gasteiger partial charge in [0.1, 0.15) is 0 Å². The normalized spacial score (nSPS) is 23.2. The first-order valence-corrected chi connectivity index (χ1v) is 9.90. The first-order chi connectivity index (χ1) is 13.5. The molecule has 0 unspecified atom stereocenters. The molecule has 1 aromatic rings. The molecule has 30 heavy (non-hydrogen) atoms. The number of alkyl halides is 9. The zero-order chi connectivity index (χ0) is 23.2. The molecule has 1 aliphatic rings. The Kier molecular flexibility index (Phi) is 6.88. The number of benzene rings is 1. The molecule has 2 rings (SSSR count). The van der Waals surface area contributed by atoms with Crippen LogP contribution in [0.15, 0.2) is 38.4 Å². The highest BCUT2D eigenvalue weighted by Crippen LogP contribution is 2.69. The second-order valence-corrected chi connectivity index (χ2v) is 8.65. The number of rotatable bonds is 6. The Balaban J connectivity index is 2.07. The van der Waals surface area contributed by atoms with Gasteiger partial charge >= 0.3 is 29.7 Å². The van der Waals surface area contributed by atoms with Gasteiger partial charge in [-0.2, -0.15) is 35.1 Å². The van der Waals surface area contributed by atoms with Gasteiger partial charge in [-0.3, -0.25) is 0 Å². The molecule has 0 atom stereocenters. The molecule has 1 aliphatic carbocycles. The van der Waals surface area contributed by atoms with Crippen molar-refractivity contribution >= 4 is 44.5 Å². The molecule has 2 nitrogen and oxygen atoms in total. The van der Waals surface area contributed by atoms with E-state index in [1.165, 1.54) is 12.1 Å². The van der Waals surface area contributed by atoms with Gasteiger partial charge in [0.05, 0.1) is 12.2 Å². The average Bonchev–Trinajstić information content (AvgIpc) is 2.68. The van der Waals surface area contributed by atoms with Crippen molar-refractivity contribution in [2.24, 2.45) is 0 Å². The minimum atomic E-state index is -6.61. The topological polar surface area (TPSA) is 26.3 Å². The van der Waals surface area contributed by atoms with Crippen molar-refractivity contribution in [3.8, 4) is 0 Å². The molecule has 0 aromatic heterocycles. The van der Waals surface area contributed by atoms with Crippen molar-refractivity contribution in [3.63, 3.8) is 0 Å². The third-order valence-corrected chi connectivity index (χ3v) is 5.70. The van der Waals surface area contributed by atoms with E-state index < -0.39 is 51.4 Å². The van der Waals surface area contributed by atoms with E-state index in [4.69, 9.17) is 4.74 Å². The number of hydrogen-bond donors (Lipinski definition) is 0. The summed E-state index contributed by atoms with van der Waals surface area (Å²) in [5.74, 6) is -26.7. The van der Waals surface area contributed by atoms with Gasteiger partial charge in [0, 0.05) is 4.47 Å². The first-order valence-electron chi connectivity index (χ1n) is 8.03. The van der Waals surface area contributed by atoms with E-state index >= 15 is 0 Å². The highest BCUT2D eigenvalue weighted by molar-refractivity contribution is 14.1. The fourth-order valence-corrected chi connectivity index (χ4v) is 3.67. The van der Waals surface area contributed by atoms with Crippen molar-refractivity contribution < 1.29 is 49.0 Å². The van der Waals surface area contributed by atoms with Gasteiger partial charge in [0.2, 0.25) is 0 Å². The van der Waals surface area contributed by atoms with Crippen molar-refractivity contribution in [1.82, 2.24) is 0 Å². The molecule has 0 bridgehead atoms. The maximum absolute atomic E-state index is 14.4. The lowest BCUT2D eigenvalue weighted by Crippen LogP contribution is -2.53. The summed E-state index contributed by atoms with van der Waals surface area (Å²) in [6.45, 7) is -0.354. The van der Waals surface area contributed by atoms with E-state index in [9.17, 15) is 44.3 Å². The number of hydrogen-bond acceptors (Lipinski definition) is 2. The molecule has 168 valence electrons. The van der Waals surface area contributed by atoms with Crippen LogP contribution >= 0.6 is 38.5 Å². The average molecular weight is 625 g/mol. The standard InChI is InChI=1S/C17H11BrF9IO2/c18-10-5-3-9(4-6-10)12(29)30-7-1-2-11(28)8-13(19)14(20,21)16(24,25)17(26,27)15(13,22)23/h3-6,8H,1-2,7H2. The van der Waals surface area contributed by atoms with Crippen molar-refractivity contribution in [2.45, 2.75) is 42.2 Å². The summed E-state index contributed by atoms with van der Waals surface area (Å²) in [4.78, 5) is 11.8. The van der Waals surface area contributed by atoms with Crippen LogP contribution in [0.4, 0.5) is 39.5 Å². The maximum Gasteiger partial charge on any atom is 0.382 e. The van der Waals surface area contributed by atoms with Crippen molar-refractivity contribution in [3.05, 3.63) is 44.0 Å². The monoisotopic (exact) mass is 624 g/mol. The summed E-state index contributed by atoms with van der Waals surface area (Å²) in [7, 11) is 0. The summed E-state index contributed by atoms with van der Waals surface area (Å²) < 4.78 is 127. The lowest BCUT2D eigenvalue weighted by molar-refractivity contribution is -0.303. The van der Waals surface area contributed by atoms with E-state index in [1.54, 1.807) is 12.1 Å². The quantitative estimate of drug-likeness (QED) is 0.148. The van der Waals surface area contributed by atoms with Gasteiger partial charge < -0.3 is 4.74 Å². The fraction of sp³-hybridized carbons (Fsp3) is 0.471. The highest BCUT2D eigenvalue weighted by Gasteiger charge is 3.00. The van der Waals surface area contributed by atoms with Crippen LogP contribution in [0.3, 0.4) is 0 Å². The van der Waals surface area contributed by atoms with Crippen LogP contribution in [-0.2, 0) is 4.74 Å². The molecular formula is C17H11BrF9IO2. The molecule has 0 saturated heterocycles. The van der Waals surface area contributed by atoms with Crippen LogP contribution in [0.5, 0.6) is 0 Å². The number of halogens is 11. The molecule has 1 saturated carbocycles. The van der Waals surface area contributed by atoms with Crippen LogP contribution in [0.2, 0.25) is 0 Å². The van der Waals surface area contributed by atoms with Crippen molar-refractivity contribution in [1.29, 1.82) is 0 Å². The first kappa shape index (κ1) is 25.3.